The molecule has 3 aromatic rings. The van der Waals surface area contributed by atoms with E-state index in [-0.39, 0.29) is 23.0 Å². The van der Waals surface area contributed by atoms with E-state index in [4.69, 9.17) is 21.7 Å². The van der Waals surface area contributed by atoms with Gasteiger partial charge in [-0.1, -0.05) is 49.7 Å². The molecule has 0 bridgehead atoms. The summed E-state index contributed by atoms with van der Waals surface area (Å²) in [6.07, 6.45) is 0.310. The number of nitrogens with zero attached hydrogens (tertiary/aromatic N) is 2. The van der Waals surface area contributed by atoms with E-state index in [9.17, 15) is 18.0 Å². The topological polar surface area (TPSA) is 116 Å². The molecule has 10 heteroatoms. The number of carboxylic acid groups (broad SMARTS) is 1. The minimum absolute atomic E-state index is 0.0211. The quantitative estimate of drug-likeness (QED) is 0.279. The van der Waals surface area contributed by atoms with Crippen LogP contribution in [0, 0.1) is 0 Å². The minimum Gasteiger partial charge on any atom is -0.481 e. The summed E-state index contributed by atoms with van der Waals surface area (Å²) in [5, 5.41) is 12.5. The number of carbonyl (C=O) groups excluding carboxylic acids is 1. The van der Waals surface area contributed by atoms with E-state index >= 15 is 0 Å². The van der Waals surface area contributed by atoms with Gasteiger partial charge in [0, 0.05) is 23.7 Å². The summed E-state index contributed by atoms with van der Waals surface area (Å²) in [6, 6.07) is 18.9. The number of aliphatic carboxylic acids is 1. The van der Waals surface area contributed by atoms with Crippen molar-refractivity contribution in [2.24, 2.45) is 4.99 Å². The number of hydrogen-bond acceptors (Lipinski definition) is 6. The summed E-state index contributed by atoms with van der Waals surface area (Å²) in [5.41, 5.74) is 3.75. The first kappa shape index (κ1) is 29.5. The molecule has 0 saturated heterocycles. The number of anilines is 1. The average Bonchev–Trinajstić information content (AvgIpc) is 3.25. The van der Waals surface area contributed by atoms with Crippen LogP contribution in [0.3, 0.4) is 0 Å². The van der Waals surface area contributed by atoms with Crippen LogP contribution in [0.5, 0.6) is 0 Å². The highest BCUT2D eigenvalue weighted by molar-refractivity contribution is 7.91. The molecule has 0 radical (unpaired) electrons. The third kappa shape index (κ3) is 6.96. The van der Waals surface area contributed by atoms with E-state index in [0.717, 1.165) is 24.2 Å². The third-order valence-electron chi connectivity index (χ3n) is 6.99. The van der Waals surface area contributed by atoms with E-state index in [1.807, 2.05) is 38.1 Å². The number of benzene rings is 3. The van der Waals surface area contributed by atoms with Gasteiger partial charge in [0.15, 0.2) is 9.84 Å². The zero-order chi connectivity index (χ0) is 28.9. The second-order valence-electron chi connectivity index (χ2n) is 9.58. The standard InChI is InChI=1S/C30H32ClN3O5S/c1-3-34(4-2)16-17-40(38,39)24-12-10-23(11-13-24)32-29(21-7-5-6-20(18-21)8-15-27(35)36)28-25-14-9-22(31)19-26(25)33-30(28)37/h5-7,9-14,18-19,28H,3-4,8,15-17H2,1-2H3,(H,33,37)(H,35,36). The molecule has 0 spiro atoms. The lowest BCUT2D eigenvalue weighted by molar-refractivity contribution is -0.137. The van der Waals surface area contributed by atoms with Crippen molar-refractivity contribution in [3.63, 3.8) is 0 Å². The summed E-state index contributed by atoms with van der Waals surface area (Å²) in [6.45, 7) is 6.02. The van der Waals surface area contributed by atoms with Crippen LogP contribution in [0.4, 0.5) is 11.4 Å². The molecular formula is C30H32ClN3O5S. The summed E-state index contributed by atoms with van der Waals surface area (Å²) in [5.74, 6) is -1.87. The Morgan fingerprint density at radius 2 is 1.77 bits per heavy atom. The number of carbonyl (C=O) groups is 2. The normalized spacial score (nSPS) is 15.2. The summed E-state index contributed by atoms with van der Waals surface area (Å²) < 4.78 is 25.8. The third-order valence-corrected chi connectivity index (χ3v) is 8.93. The largest absolute Gasteiger partial charge is 0.481 e. The van der Waals surface area contributed by atoms with E-state index in [2.05, 4.69) is 10.2 Å². The lowest BCUT2D eigenvalue weighted by Crippen LogP contribution is -2.29. The predicted molar refractivity (Wildman–Crippen MR) is 158 cm³/mol. The molecule has 4 rings (SSSR count). The number of fused-ring (bicyclic) bond motifs is 1. The number of rotatable bonds is 12. The highest BCUT2D eigenvalue weighted by Crippen LogP contribution is 2.38. The highest BCUT2D eigenvalue weighted by atomic mass is 35.5. The Morgan fingerprint density at radius 1 is 1.05 bits per heavy atom. The maximum Gasteiger partial charge on any atom is 0.303 e. The van der Waals surface area contributed by atoms with Gasteiger partial charge in [-0.3, -0.25) is 14.6 Å². The monoisotopic (exact) mass is 581 g/mol. The van der Waals surface area contributed by atoms with Crippen molar-refractivity contribution in [1.82, 2.24) is 4.90 Å². The van der Waals surface area contributed by atoms with Gasteiger partial charge in [0.25, 0.3) is 0 Å². The Balaban J connectivity index is 1.72. The maximum absolute atomic E-state index is 13.2. The average molecular weight is 582 g/mol. The number of amides is 1. The summed E-state index contributed by atoms with van der Waals surface area (Å²) >= 11 is 6.15. The molecule has 1 unspecified atom stereocenters. The fourth-order valence-corrected chi connectivity index (χ4v) is 6.17. The van der Waals surface area contributed by atoms with Gasteiger partial charge in [0.2, 0.25) is 5.91 Å². The van der Waals surface area contributed by atoms with Gasteiger partial charge in [0.1, 0.15) is 5.92 Å². The van der Waals surface area contributed by atoms with Crippen LogP contribution in [0.25, 0.3) is 0 Å². The van der Waals surface area contributed by atoms with Crippen LogP contribution in [0.1, 0.15) is 42.9 Å². The zero-order valence-electron chi connectivity index (χ0n) is 22.4. The van der Waals surface area contributed by atoms with Gasteiger partial charge < -0.3 is 15.3 Å². The molecule has 8 nitrogen and oxygen atoms in total. The molecule has 1 aliphatic heterocycles. The first-order valence-electron chi connectivity index (χ1n) is 13.2. The number of carboxylic acids is 1. The van der Waals surface area contributed by atoms with Gasteiger partial charge in [-0.2, -0.15) is 0 Å². The number of aliphatic imine (C=N–C) groups is 1. The molecule has 0 fully saturated rings. The Hall–Kier alpha value is -3.53. The molecule has 1 aliphatic rings. The van der Waals surface area contributed by atoms with E-state index in [0.29, 0.717) is 40.6 Å². The SMILES string of the molecule is CCN(CC)CCS(=O)(=O)c1ccc(N=C(c2cccc(CCC(=O)O)c2)C2C(=O)Nc3cc(Cl)ccc32)cc1. The molecule has 2 N–H and O–H groups in total. The first-order chi connectivity index (χ1) is 19.1. The predicted octanol–water partition coefficient (Wildman–Crippen LogP) is 5.33. The molecule has 40 heavy (non-hydrogen) atoms. The molecule has 1 amide bonds. The molecule has 0 aromatic heterocycles. The minimum atomic E-state index is -3.48. The number of hydrogen-bond donors (Lipinski definition) is 2. The molecular weight excluding hydrogens is 550 g/mol. The second-order valence-corrected chi connectivity index (χ2v) is 12.1. The van der Waals surface area contributed by atoms with Gasteiger partial charge in [-0.25, -0.2) is 8.42 Å². The zero-order valence-corrected chi connectivity index (χ0v) is 24.0. The Kier molecular flexibility index (Phi) is 9.40. The van der Waals surface area contributed by atoms with E-state index < -0.39 is 21.7 Å². The van der Waals surface area contributed by atoms with Crippen molar-refractivity contribution in [1.29, 1.82) is 0 Å². The smallest absolute Gasteiger partial charge is 0.303 e. The van der Waals surface area contributed by atoms with Crippen LogP contribution in [0.15, 0.2) is 76.6 Å². The molecule has 0 saturated carbocycles. The van der Waals surface area contributed by atoms with Gasteiger partial charge in [-0.05, 0) is 78.7 Å². The fourth-order valence-electron chi connectivity index (χ4n) is 4.71. The van der Waals surface area contributed by atoms with Crippen LogP contribution in [-0.4, -0.2) is 61.4 Å². The van der Waals surface area contributed by atoms with Gasteiger partial charge in [0.05, 0.1) is 22.0 Å². The first-order valence-corrected chi connectivity index (χ1v) is 15.2. The van der Waals surface area contributed by atoms with Crippen molar-refractivity contribution in [3.8, 4) is 0 Å². The molecule has 210 valence electrons. The van der Waals surface area contributed by atoms with Gasteiger partial charge >= 0.3 is 5.97 Å². The summed E-state index contributed by atoms with van der Waals surface area (Å²) in [7, 11) is -3.48. The highest BCUT2D eigenvalue weighted by Gasteiger charge is 2.35. The Morgan fingerprint density at radius 3 is 2.45 bits per heavy atom. The number of nitrogens with one attached hydrogen (secondary N) is 1. The number of aryl methyl sites for hydroxylation is 1. The van der Waals surface area contributed by atoms with Crippen LogP contribution >= 0.6 is 11.6 Å². The van der Waals surface area contributed by atoms with Crippen LogP contribution < -0.4 is 5.32 Å². The maximum atomic E-state index is 13.2. The van der Waals surface area contributed by atoms with Crippen molar-refractivity contribution in [2.45, 2.75) is 37.5 Å². The van der Waals surface area contributed by atoms with Crippen molar-refractivity contribution >= 4 is 50.4 Å². The lowest BCUT2D eigenvalue weighted by Gasteiger charge is -2.17. The molecule has 0 aliphatic carbocycles. The fraction of sp³-hybridized carbons (Fsp3) is 0.300. The van der Waals surface area contributed by atoms with Gasteiger partial charge in [-0.15, -0.1) is 0 Å². The molecule has 3 aromatic carbocycles. The lowest BCUT2D eigenvalue weighted by atomic mass is 9.89. The van der Waals surface area contributed by atoms with Crippen molar-refractivity contribution in [3.05, 3.63) is 88.4 Å². The summed E-state index contributed by atoms with van der Waals surface area (Å²) in [4.78, 5) is 31.5. The van der Waals surface area contributed by atoms with Crippen LogP contribution in [0.2, 0.25) is 5.02 Å². The Bertz CT molecular complexity index is 1530. The molecule has 1 atom stereocenters. The van der Waals surface area contributed by atoms with E-state index in [1.165, 1.54) is 0 Å². The van der Waals surface area contributed by atoms with Crippen molar-refractivity contribution in [2.75, 3.05) is 30.7 Å². The number of sulfone groups is 1. The van der Waals surface area contributed by atoms with Crippen molar-refractivity contribution < 1.29 is 23.1 Å². The molecule has 1 heterocycles. The van der Waals surface area contributed by atoms with E-state index in [1.54, 1.807) is 42.5 Å². The Labute approximate surface area is 239 Å². The van der Waals surface area contributed by atoms with Crippen LogP contribution in [-0.2, 0) is 25.8 Å². The second kappa shape index (κ2) is 12.8. The number of halogens is 1.